The van der Waals surface area contributed by atoms with Gasteiger partial charge in [0.1, 0.15) is 24.2 Å². The summed E-state index contributed by atoms with van der Waals surface area (Å²) in [5.74, 6) is 3.43. The zero-order valence-corrected chi connectivity index (χ0v) is 21.5. The van der Waals surface area contributed by atoms with E-state index in [1.807, 2.05) is 24.2 Å². The molecule has 3 saturated heterocycles. The van der Waals surface area contributed by atoms with Crippen molar-refractivity contribution in [3.05, 3.63) is 42.4 Å². The maximum atomic E-state index is 10.1. The molecular formula is C26H32N6O2S. The first-order valence-corrected chi connectivity index (χ1v) is 13.1. The van der Waals surface area contributed by atoms with E-state index in [0.717, 1.165) is 35.6 Å². The van der Waals surface area contributed by atoms with Crippen LogP contribution >= 0.6 is 11.9 Å². The minimum Gasteiger partial charge on any atom is -0.489 e. The fourth-order valence-corrected chi connectivity index (χ4v) is 5.88. The van der Waals surface area contributed by atoms with Crippen LogP contribution in [0.3, 0.4) is 0 Å². The second-order valence-corrected chi connectivity index (χ2v) is 11.6. The molecule has 0 radical (unpaired) electrons. The van der Waals surface area contributed by atoms with Gasteiger partial charge in [-0.15, -0.1) is 0 Å². The summed E-state index contributed by atoms with van der Waals surface area (Å²) in [7, 11) is 0. The first-order chi connectivity index (χ1) is 16.7. The van der Waals surface area contributed by atoms with E-state index in [1.54, 1.807) is 30.8 Å². The molecule has 3 aliphatic heterocycles. The molecule has 3 aromatic heterocycles. The average molecular weight is 493 g/mol. The van der Waals surface area contributed by atoms with E-state index in [0.29, 0.717) is 29.3 Å². The lowest BCUT2D eigenvalue weighted by atomic mass is 9.91. The van der Waals surface area contributed by atoms with Gasteiger partial charge in [-0.05, 0) is 44.4 Å². The van der Waals surface area contributed by atoms with Crippen LogP contribution in [-0.2, 0) is 0 Å². The summed E-state index contributed by atoms with van der Waals surface area (Å²) in [5, 5.41) is 24.0. The number of pyridine rings is 2. The fraction of sp³-hybridized carbons (Fsp3) is 0.500. The van der Waals surface area contributed by atoms with E-state index in [1.165, 1.54) is 12.2 Å². The van der Waals surface area contributed by atoms with Crippen LogP contribution < -0.4 is 9.64 Å². The van der Waals surface area contributed by atoms with Gasteiger partial charge in [-0.2, -0.15) is 10.4 Å². The number of hydrogen-bond acceptors (Lipinski definition) is 8. The van der Waals surface area contributed by atoms with Gasteiger partial charge < -0.3 is 14.7 Å². The van der Waals surface area contributed by atoms with Crippen molar-refractivity contribution in [2.45, 2.75) is 51.8 Å². The molecule has 3 aromatic rings. The lowest BCUT2D eigenvalue weighted by molar-refractivity contribution is 0.0283. The molecule has 2 bridgehead atoms. The molecular weight excluding hydrogens is 460 g/mol. The summed E-state index contributed by atoms with van der Waals surface area (Å²) >= 11 is 2.00. The molecule has 8 nitrogen and oxygen atoms in total. The van der Waals surface area contributed by atoms with Gasteiger partial charge >= 0.3 is 0 Å². The Labute approximate surface area is 210 Å². The molecule has 1 N–H and O–H groups in total. The third kappa shape index (κ3) is 4.96. The Kier molecular flexibility index (Phi) is 6.38. The van der Waals surface area contributed by atoms with Gasteiger partial charge in [0.2, 0.25) is 0 Å². The number of nitrogens with zero attached hydrogens (tertiary/aromatic N) is 6. The number of nitriles is 1. The number of fused-ring (bicyclic) bond motifs is 3. The van der Waals surface area contributed by atoms with Crippen molar-refractivity contribution in [3.8, 4) is 22.9 Å². The number of rotatable bonds is 8. The standard InChI is InChI=1S/C26H32N6O2S/c1-17(2)15-35-32-20-7-21(32)13-30(12-20)24-6-5-18(10-28-24)23-8-22(34-16-26(3,4)33)14-31-25(23)19(9-27)11-29-31/h5-6,8,10-11,14,17,20-21,33H,7,12-13,15-16H2,1-4H3. The number of piperazine rings is 1. The van der Waals surface area contributed by atoms with Gasteiger partial charge in [0.25, 0.3) is 0 Å². The van der Waals surface area contributed by atoms with Crippen LogP contribution in [0.2, 0.25) is 0 Å². The van der Waals surface area contributed by atoms with E-state index >= 15 is 0 Å². The van der Waals surface area contributed by atoms with E-state index < -0.39 is 5.60 Å². The third-order valence-electron chi connectivity index (χ3n) is 6.37. The maximum absolute atomic E-state index is 10.1. The minimum atomic E-state index is -0.960. The van der Waals surface area contributed by atoms with E-state index in [4.69, 9.17) is 9.72 Å². The van der Waals surface area contributed by atoms with Crippen molar-refractivity contribution in [2.24, 2.45) is 5.92 Å². The quantitative estimate of drug-likeness (QED) is 0.472. The number of ether oxygens (including phenoxy) is 1. The van der Waals surface area contributed by atoms with Gasteiger partial charge in [0.15, 0.2) is 0 Å². The summed E-state index contributed by atoms with van der Waals surface area (Å²) in [6.07, 6.45) is 6.43. The number of aromatic nitrogens is 3. The molecule has 0 amide bonds. The molecule has 9 heteroatoms. The lowest BCUT2D eigenvalue weighted by Crippen LogP contribution is -2.66. The lowest BCUT2D eigenvalue weighted by Gasteiger charge is -2.55. The van der Waals surface area contributed by atoms with Gasteiger partial charge in [-0.1, -0.05) is 25.8 Å². The highest BCUT2D eigenvalue weighted by molar-refractivity contribution is 7.97. The van der Waals surface area contributed by atoms with E-state index in [-0.39, 0.29) is 6.61 Å². The molecule has 2 atom stereocenters. The molecule has 3 fully saturated rings. The summed E-state index contributed by atoms with van der Waals surface area (Å²) < 4.78 is 10.1. The van der Waals surface area contributed by atoms with Gasteiger partial charge in [0, 0.05) is 48.2 Å². The van der Waals surface area contributed by atoms with Crippen molar-refractivity contribution in [2.75, 3.05) is 30.3 Å². The van der Waals surface area contributed by atoms with Crippen molar-refractivity contribution >= 4 is 23.3 Å². The normalized spacial score (nSPS) is 20.2. The Hall–Kier alpha value is -2.80. The Morgan fingerprint density at radius 1 is 1.26 bits per heavy atom. The molecule has 0 spiro atoms. The smallest absolute Gasteiger partial charge is 0.138 e. The van der Waals surface area contributed by atoms with Crippen molar-refractivity contribution in [1.82, 2.24) is 18.9 Å². The van der Waals surface area contributed by atoms with Crippen LogP contribution in [0.1, 0.15) is 39.7 Å². The Morgan fingerprint density at radius 2 is 2.03 bits per heavy atom. The van der Waals surface area contributed by atoms with Crippen molar-refractivity contribution in [1.29, 1.82) is 5.26 Å². The number of piperidine rings is 1. The highest BCUT2D eigenvalue weighted by atomic mass is 32.2. The van der Waals surface area contributed by atoms with E-state index in [2.05, 4.69) is 46.4 Å². The number of hydrogen-bond donors (Lipinski definition) is 1. The summed E-state index contributed by atoms with van der Waals surface area (Å²) in [6.45, 7) is 10.1. The molecule has 184 valence electrons. The van der Waals surface area contributed by atoms with Gasteiger partial charge in [-0.25, -0.2) is 13.8 Å². The van der Waals surface area contributed by atoms with Crippen molar-refractivity contribution < 1.29 is 9.84 Å². The summed E-state index contributed by atoms with van der Waals surface area (Å²) in [6, 6.07) is 9.42. The zero-order chi connectivity index (χ0) is 24.7. The highest BCUT2D eigenvalue weighted by Gasteiger charge is 2.45. The minimum absolute atomic E-state index is 0.144. The number of anilines is 1. The van der Waals surface area contributed by atoms with E-state index in [9.17, 15) is 10.4 Å². The first kappa shape index (κ1) is 23.9. The number of aliphatic hydroxyl groups is 1. The van der Waals surface area contributed by atoms with Crippen LogP contribution in [0.15, 0.2) is 36.8 Å². The van der Waals surface area contributed by atoms with Crippen molar-refractivity contribution in [3.63, 3.8) is 0 Å². The molecule has 35 heavy (non-hydrogen) atoms. The van der Waals surface area contributed by atoms with Gasteiger partial charge in [0.05, 0.1) is 29.1 Å². The highest BCUT2D eigenvalue weighted by Crippen LogP contribution is 2.40. The Balaban J connectivity index is 1.37. The third-order valence-corrected chi connectivity index (χ3v) is 8.08. The predicted molar refractivity (Wildman–Crippen MR) is 138 cm³/mol. The molecule has 0 aromatic carbocycles. The fourth-order valence-electron chi connectivity index (χ4n) is 4.68. The molecule has 0 saturated carbocycles. The SMILES string of the molecule is CC(C)CSN1C2CC1CN(c1ccc(-c3cc(OCC(C)(C)O)cn4ncc(C#N)c34)cn1)C2. The largest absolute Gasteiger partial charge is 0.489 e. The Morgan fingerprint density at radius 3 is 2.66 bits per heavy atom. The summed E-state index contributed by atoms with van der Waals surface area (Å²) in [4.78, 5) is 7.18. The topological polar surface area (TPSA) is 89.9 Å². The van der Waals surface area contributed by atoms with Crippen LogP contribution in [-0.4, -0.2) is 67.1 Å². The van der Waals surface area contributed by atoms with Crippen LogP contribution in [0, 0.1) is 17.2 Å². The Bertz CT molecular complexity index is 1230. The van der Waals surface area contributed by atoms with Crippen LogP contribution in [0.25, 0.3) is 16.6 Å². The predicted octanol–water partition coefficient (Wildman–Crippen LogP) is 3.98. The second-order valence-electron chi connectivity index (χ2n) is 10.6. The molecule has 2 unspecified atom stereocenters. The maximum Gasteiger partial charge on any atom is 0.138 e. The monoisotopic (exact) mass is 492 g/mol. The zero-order valence-electron chi connectivity index (χ0n) is 20.7. The molecule has 3 aliphatic rings. The summed E-state index contributed by atoms with van der Waals surface area (Å²) in [5.41, 5.74) is 1.96. The van der Waals surface area contributed by atoms with Crippen LogP contribution in [0.5, 0.6) is 5.75 Å². The van der Waals surface area contributed by atoms with Gasteiger partial charge in [-0.3, -0.25) is 0 Å². The average Bonchev–Trinajstić information content (AvgIpc) is 3.25. The molecule has 6 heterocycles. The first-order valence-electron chi connectivity index (χ1n) is 12.1. The van der Waals surface area contributed by atoms with Crippen LogP contribution in [0.4, 0.5) is 5.82 Å². The molecule has 0 aliphatic carbocycles. The molecule has 6 rings (SSSR count). The second kappa shape index (κ2) is 9.34.